The first-order valence-electron chi connectivity index (χ1n) is 6.70. The van der Waals surface area contributed by atoms with Crippen molar-refractivity contribution in [1.29, 1.82) is 0 Å². The van der Waals surface area contributed by atoms with Gasteiger partial charge in [0, 0.05) is 19.1 Å². The molecular formula is C12H16N6O. The van der Waals surface area contributed by atoms with Crippen molar-refractivity contribution < 1.29 is 4.74 Å². The van der Waals surface area contributed by atoms with Gasteiger partial charge in [0.05, 0.1) is 19.5 Å². The molecule has 0 radical (unpaired) electrons. The van der Waals surface area contributed by atoms with Gasteiger partial charge in [-0.2, -0.15) is 9.97 Å². The average molecular weight is 260 g/mol. The summed E-state index contributed by atoms with van der Waals surface area (Å²) in [6.07, 6.45) is 4.10. The predicted molar refractivity (Wildman–Crippen MR) is 71.4 cm³/mol. The van der Waals surface area contributed by atoms with Crippen LogP contribution in [0.25, 0.3) is 11.2 Å². The molecule has 7 nitrogen and oxygen atoms in total. The molecule has 0 amide bonds. The summed E-state index contributed by atoms with van der Waals surface area (Å²) in [4.78, 5) is 18.7. The summed E-state index contributed by atoms with van der Waals surface area (Å²) in [5.74, 6) is 1.61. The minimum absolute atomic E-state index is 0.555. The van der Waals surface area contributed by atoms with Crippen LogP contribution in [0.3, 0.4) is 0 Å². The molecule has 3 heterocycles. The van der Waals surface area contributed by atoms with Crippen molar-refractivity contribution >= 4 is 22.9 Å². The molecule has 100 valence electrons. The molecule has 0 bridgehead atoms. The van der Waals surface area contributed by atoms with E-state index in [1.165, 1.54) is 12.8 Å². The van der Waals surface area contributed by atoms with Crippen molar-refractivity contribution in [3.8, 4) is 0 Å². The van der Waals surface area contributed by atoms with E-state index in [1.54, 1.807) is 6.33 Å². The standard InChI is InChI=1S/C12H16N6O/c1-2-8(1)15-11-9-10(14-7-13-9)16-12(17-11)18-3-5-19-6-4-18/h7-8H,1-6H2,(H2,13,14,15,16,17). The minimum atomic E-state index is 0.555. The molecule has 1 aliphatic carbocycles. The summed E-state index contributed by atoms with van der Waals surface area (Å²) >= 11 is 0. The molecule has 0 atom stereocenters. The Morgan fingerprint density at radius 1 is 1.26 bits per heavy atom. The molecule has 2 N–H and O–H groups in total. The van der Waals surface area contributed by atoms with Crippen LogP contribution in [0, 0.1) is 0 Å². The second-order valence-corrected chi connectivity index (χ2v) is 4.99. The molecule has 0 aromatic carbocycles. The quantitative estimate of drug-likeness (QED) is 0.848. The van der Waals surface area contributed by atoms with Crippen LogP contribution >= 0.6 is 0 Å². The molecule has 0 unspecified atom stereocenters. The summed E-state index contributed by atoms with van der Waals surface area (Å²) in [6, 6.07) is 0.555. The highest BCUT2D eigenvalue weighted by atomic mass is 16.5. The van der Waals surface area contributed by atoms with E-state index >= 15 is 0 Å². The number of hydrogen-bond donors (Lipinski definition) is 2. The van der Waals surface area contributed by atoms with Gasteiger partial charge in [0.1, 0.15) is 5.52 Å². The van der Waals surface area contributed by atoms with Gasteiger partial charge in [-0.1, -0.05) is 0 Å². The third-order valence-corrected chi connectivity index (χ3v) is 3.49. The van der Waals surface area contributed by atoms with E-state index in [-0.39, 0.29) is 0 Å². The summed E-state index contributed by atoms with van der Waals surface area (Å²) in [6.45, 7) is 3.12. The van der Waals surface area contributed by atoms with Crippen molar-refractivity contribution in [3.05, 3.63) is 6.33 Å². The largest absolute Gasteiger partial charge is 0.378 e. The van der Waals surface area contributed by atoms with Crippen LogP contribution in [0.2, 0.25) is 0 Å². The molecule has 1 saturated carbocycles. The maximum absolute atomic E-state index is 5.36. The fourth-order valence-corrected chi connectivity index (χ4v) is 2.25. The third kappa shape index (κ3) is 2.10. The molecule has 1 saturated heterocycles. The van der Waals surface area contributed by atoms with Gasteiger partial charge >= 0.3 is 0 Å². The van der Waals surface area contributed by atoms with E-state index in [0.29, 0.717) is 6.04 Å². The number of nitrogens with zero attached hydrogens (tertiary/aromatic N) is 4. The van der Waals surface area contributed by atoms with E-state index < -0.39 is 0 Å². The Hall–Kier alpha value is -1.89. The first kappa shape index (κ1) is 11.0. The lowest BCUT2D eigenvalue weighted by Crippen LogP contribution is -2.37. The summed E-state index contributed by atoms with van der Waals surface area (Å²) in [5, 5.41) is 3.44. The molecule has 4 rings (SSSR count). The van der Waals surface area contributed by atoms with Gasteiger partial charge < -0.3 is 19.9 Å². The highest BCUT2D eigenvalue weighted by Crippen LogP contribution is 2.28. The van der Waals surface area contributed by atoms with E-state index in [4.69, 9.17) is 4.74 Å². The number of anilines is 2. The minimum Gasteiger partial charge on any atom is -0.378 e. The number of ether oxygens (including phenoxy) is 1. The number of imidazole rings is 1. The topological polar surface area (TPSA) is 79.0 Å². The number of morpholine rings is 1. The van der Waals surface area contributed by atoms with Crippen LogP contribution in [0.15, 0.2) is 6.33 Å². The average Bonchev–Trinajstić information content (AvgIpc) is 3.14. The molecule has 2 aromatic heterocycles. The maximum Gasteiger partial charge on any atom is 0.229 e. The molecule has 2 aromatic rings. The lowest BCUT2D eigenvalue weighted by molar-refractivity contribution is 0.122. The van der Waals surface area contributed by atoms with E-state index in [0.717, 1.165) is 49.2 Å². The van der Waals surface area contributed by atoms with Crippen LogP contribution in [0.5, 0.6) is 0 Å². The zero-order valence-electron chi connectivity index (χ0n) is 10.6. The zero-order chi connectivity index (χ0) is 12.7. The van der Waals surface area contributed by atoms with Crippen molar-refractivity contribution in [2.45, 2.75) is 18.9 Å². The molecular weight excluding hydrogens is 244 g/mol. The number of aromatic nitrogens is 4. The van der Waals surface area contributed by atoms with E-state index in [2.05, 4.69) is 30.2 Å². The summed E-state index contributed by atoms with van der Waals surface area (Å²) < 4.78 is 5.36. The first-order chi connectivity index (χ1) is 9.40. The Kier molecular flexibility index (Phi) is 2.51. The molecule has 1 aliphatic heterocycles. The Morgan fingerprint density at radius 2 is 2.11 bits per heavy atom. The van der Waals surface area contributed by atoms with E-state index in [1.807, 2.05) is 0 Å². The fourth-order valence-electron chi connectivity index (χ4n) is 2.25. The van der Waals surface area contributed by atoms with Crippen LogP contribution in [0.1, 0.15) is 12.8 Å². The lowest BCUT2D eigenvalue weighted by Gasteiger charge is -2.26. The zero-order valence-corrected chi connectivity index (χ0v) is 10.6. The maximum atomic E-state index is 5.36. The lowest BCUT2D eigenvalue weighted by atomic mass is 10.4. The normalized spacial score (nSPS) is 19.9. The van der Waals surface area contributed by atoms with Gasteiger partial charge in [-0.15, -0.1) is 0 Å². The monoisotopic (exact) mass is 260 g/mol. The molecule has 2 aliphatic rings. The van der Waals surface area contributed by atoms with Gasteiger partial charge in [-0.25, -0.2) is 4.98 Å². The number of nitrogens with one attached hydrogen (secondary N) is 2. The Balaban J connectivity index is 1.72. The number of rotatable bonds is 3. The van der Waals surface area contributed by atoms with Crippen molar-refractivity contribution in [2.75, 3.05) is 36.5 Å². The molecule has 0 spiro atoms. The fraction of sp³-hybridized carbons (Fsp3) is 0.583. The van der Waals surface area contributed by atoms with Crippen molar-refractivity contribution in [1.82, 2.24) is 19.9 Å². The number of fused-ring (bicyclic) bond motifs is 1. The van der Waals surface area contributed by atoms with E-state index in [9.17, 15) is 0 Å². The van der Waals surface area contributed by atoms with Crippen molar-refractivity contribution in [2.24, 2.45) is 0 Å². The second kappa shape index (κ2) is 4.34. The predicted octanol–water partition coefficient (Wildman–Crippen LogP) is 0.764. The third-order valence-electron chi connectivity index (χ3n) is 3.49. The summed E-state index contributed by atoms with van der Waals surface area (Å²) in [7, 11) is 0. The smallest absolute Gasteiger partial charge is 0.229 e. The molecule has 19 heavy (non-hydrogen) atoms. The van der Waals surface area contributed by atoms with Crippen LogP contribution < -0.4 is 10.2 Å². The van der Waals surface area contributed by atoms with Gasteiger partial charge in [0.15, 0.2) is 11.5 Å². The SMILES string of the molecule is c1nc2nc(N3CCOCC3)nc(NC3CC3)c2[nH]1. The number of aromatic amines is 1. The Bertz CT molecular complexity index is 587. The highest BCUT2D eigenvalue weighted by molar-refractivity contribution is 5.84. The number of H-pyrrole nitrogens is 1. The molecule has 2 fully saturated rings. The van der Waals surface area contributed by atoms with Gasteiger partial charge in [0.2, 0.25) is 5.95 Å². The van der Waals surface area contributed by atoms with Gasteiger partial charge in [-0.3, -0.25) is 0 Å². The van der Waals surface area contributed by atoms with Crippen molar-refractivity contribution in [3.63, 3.8) is 0 Å². The Morgan fingerprint density at radius 3 is 2.89 bits per heavy atom. The highest BCUT2D eigenvalue weighted by Gasteiger charge is 2.24. The summed E-state index contributed by atoms with van der Waals surface area (Å²) in [5.41, 5.74) is 1.61. The van der Waals surface area contributed by atoms with Crippen LogP contribution in [-0.2, 0) is 4.74 Å². The number of hydrogen-bond acceptors (Lipinski definition) is 6. The molecule has 7 heteroatoms. The van der Waals surface area contributed by atoms with Gasteiger partial charge in [0.25, 0.3) is 0 Å². The van der Waals surface area contributed by atoms with Gasteiger partial charge in [-0.05, 0) is 12.8 Å². The second-order valence-electron chi connectivity index (χ2n) is 4.99. The first-order valence-corrected chi connectivity index (χ1v) is 6.70. The van der Waals surface area contributed by atoms with Crippen LogP contribution in [0.4, 0.5) is 11.8 Å². The Labute approximate surface area is 110 Å². The van der Waals surface area contributed by atoms with Crippen LogP contribution in [-0.4, -0.2) is 52.3 Å².